The molecule has 0 aromatic carbocycles. The van der Waals surface area contributed by atoms with Gasteiger partial charge < -0.3 is 5.32 Å². The van der Waals surface area contributed by atoms with Gasteiger partial charge in [-0.25, -0.2) is 4.72 Å². The van der Waals surface area contributed by atoms with Crippen molar-refractivity contribution in [2.45, 2.75) is 64.0 Å². The molecule has 6 heteroatoms. The molecule has 1 saturated carbocycles. The summed E-state index contributed by atoms with van der Waals surface area (Å²) in [6, 6.07) is 0.771. The fourth-order valence-corrected chi connectivity index (χ4v) is 4.06. The molecule has 2 fully saturated rings. The van der Waals surface area contributed by atoms with Crippen molar-refractivity contribution >= 4 is 10.2 Å². The third-order valence-corrected chi connectivity index (χ3v) is 5.58. The maximum absolute atomic E-state index is 12.3. The highest BCUT2D eigenvalue weighted by Gasteiger charge is 2.33. The number of nitrogens with zero attached hydrogens (tertiary/aromatic N) is 1. The van der Waals surface area contributed by atoms with E-state index in [-0.39, 0.29) is 6.04 Å². The van der Waals surface area contributed by atoms with Crippen LogP contribution in [0.3, 0.4) is 0 Å². The van der Waals surface area contributed by atoms with Gasteiger partial charge in [0.2, 0.25) is 0 Å². The molecular formula is C13H27N3O2S. The number of piperidine rings is 1. The lowest BCUT2D eigenvalue weighted by Gasteiger charge is -2.34. The summed E-state index contributed by atoms with van der Waals surface area (Å²) < 4.78 is 29.1. The van der Waals surface area contributed by atoms with Crippen molar-refractivity contribution in [3.63, 3.8) is 0 Å². The summed E-state index contributed by atoms with van der Waals surface area (Å²) in [7, 11) is -3.29. The van der Waals surface area contributed by atoms with Crippen LogP contribution in [0.15, 0.2) is 0 Å². The molecule has 5 nitrogen and oxygen atoms in total. The van der Waals surface area contributed by atoms with Crippen LogP contribution in [0.25, 0.3) is 0 Å². The van der Waals surface area contributed by atoms with E-state index in [9.17, 15) is 8.42 Å². The van der Waals surface area contributed by atoms with E-state index in [2.05, 4.69) is 17.0 Å². The van der Waals surface area contributed by atoms with Gasteiger partial charge in [-0.05, 0) is 32.1 Å². The predicted octanol–water partition coefficient (Wildman–Crippen LogP) is 1.23. The molecule has 0 spiro atoms. The van der Waals surface area contributed by atoms with Gasteiger partial charge in [-0.3, -0.25) is 0 Å². The van der Waals surface area contributed by atoms with E-state index in [0.717, 1.165) is 38.6 Å². The normalized spacial score (nSPS) is 25.6. The van der Waals surface area contributed by atoms with Gasteiger partial charge in [-0.1, -0.05) is 19.8 Å². The van der Waals surface area contributed by atoms with Gasteiger partial charge in [0.25, 0.3) is 10.2 Å². The molecule has 2 aliphatic rings. The fourth-order valence-electron chi connectivity index (χ4n) is 2.55. The number of unbranched alkanes of at least 4 members (excludes halogenated alkanes) is 1. The van der Waals surface area contributed by atoms with E-state index in [4.69, 9.17) is 0 Å². The Morgan fingerprint density at radius 3 is 2.68 bits per heavy atom. The first kappa shape index (κ1) is 15.2. The maximum atomic E-state index is 12.3. The molecular weight excluding hydrogens is 262 g/mol. The third-order valence-electron chi connectivity index (χ3n) is 3.92. The van der Waals surface area contributed by atoms with Crippen LogP contribution in [0, 0.1) is 0 Å². The van der Waals surface area contributed by atoms with Crippen LogP contribution in [0.5, 0.6) is 0 Å². The SMILES string of the molecule is CCCCNS(=O)(=O)N1CCCCC1CNC1CC1. The second kappa shape index (κ2) is 7.02. The van der Waals surface area contributed by atoms with Crippen molar-refractivity contribution in [2.24, 2.45) is 0 Å². The quantitative estimate of drug-likeness (QED) is 0.661. The zero-order valence-electron chi connectivity index (χ0n) is 11.9. The van der Waals surface area contributed by atoms with Crippen LogP contribution in [0.2, 0.25) is 0 Å². The lowest BCUT2D eigenvalue weighted by molar-refractivity contribution is 0.242. The highest BCUT2D eigenvalue weighted by molar-refractivity contribution is 7.87. The predicted molar refractivity (Wildman–Crippen MR) is 77.2 cm³/mol. The number of rotatable bonds is 8. The van der Waals surface area contributed by atoms with Gasteiger partial charge in [0.1, 0.15) is 0 Å². The highest BCUT2D eigenvalue weighted by atomic mass is 32.2. The Balaban J connectivity index is 1.88. The molecule has 1 unspecified atom stereocenters. The van der Waals surface area contributed by atoms with Crippen molar-refractivity contribution in [3.8, 4) is 0 Å². The summed E-state index contributed by atoms with van der Waals surface area (Å²) in [6.07, 6.45) is 7.50. The molecule has 0 aromatic rings. The molecule has 0 amide bonds. The molecule has 0 bridgehead atoms. The Hall–Kier alpha value is -0.170. The van der Waals surface area contributed by atoms with Crippen LogP contribution in [-0.4, -0.2) is 44.4 Å². The first-order valence-corrected chi connectivity index (χ1v) is 9.07. The second-order valence-corrected chi connectivity index (χ2v) is 7.40. The Bertz CT molecular complexity index is 368. The Morgan fingerprint density at radius 1 is 1.21 bits per heavy atom. The van der Waals surface area contributed by atoms with Gasteiger partial charge in [0, 0.05) is 31.7 Å². The van der Waals surface area contributed by atoms with Gasteiger partial charge in [0.05, 0.1) is 0 Å². The second-order valence-electron chi connectivity index (χ2n) is 5.70. The van der Waals surface area contributed by atoms with Crippen molar-refractivity contribution in [2.75, 3.05) is 19.6 Å². The number of hydrogen-bond donors (Lipinski definition) is 2. The summed E-state index contributed by atoms with van der Waals surface area (Å²) in [4.78, 5) is 0. The number of hydrogen-bond acceptors (Lipinski definition) is 3. The summed E-state index contributed by atoms with van der Waals surface area (Å²) in [5, 5.41) is 3.46. The van der Waals surface area contributed by atoms with Crippen LogP contribution in [-0.2, 0) is 10.2 Å². The minimum Gasteiger partial charge on any atom is -0.312 e. The Morgan fingerprint density at radius 2 is 2.00 bits per heavy atom. The molecule has 112 valence electrons. The van der Waals surface area contributed by atoms with E-state index in [1.165, 1.54) is 12.8 Å². The van der Waals surface area contributed by atoms with E-state index < -0.39 is 10.2 Å². The van der Waals surface area contributed by atoms with Crippen molar-refractivity contribution < 1.29 is 8.42 Å². The molecule has 1 aliphatic heterocycles. The topological polar surface area (TPSA) is 61.4 Å². The molecule has 1 saturated heterocycles. The molecule has 0 aromatic heterocycles. The lowest BCUT2D eigenvalue weighted by Crippen LogP contribution is -2.52. The van der Waals surface area contributed by atoms with Gasteiger partial charge in [0.15, 0.2) is 0 Å². The minimum atomic E-state index is -3.29. The summed E-state index contributed by atoms with van der Waals surface area (Å²) in [5.74, 6) is 0. The summed E-state index contributed by atoms with van der Waals surface area (Å²) in [6.45, 7) is 4.09. The van der Waals surface area contributed by atoms with Crippen LogP contribution in [0.4, 0.5) is 0 Å². The third kappa shape index (κ3) is 4.70. The average Bonchev–Trinajstić information content (AvgIpc) is 3.21. The molecule has 1 aliphatic carbocycles. The summed E-state index contributed by atoms with van der Waals surface area (Å²) in [5.41, 5.74) is 0. The van der Waals surface area contributed by atoms with E-state index in [0.29, 0.717) is 19.1 Å². The van der Waals surface area contributed by atoms with E-state index in [1.54, 1.807) is 4.31 Å². The van der Waals surface area contributed by atoms with Crippen molar-refractivity contribution in [1.82, 2.24) is 14.3 Å². The lowest BCUT2D eigenvalue weighted by atomic mass is 10.1. The largest absolute Gasteiger partial charge is 0.312 e. The van der Waals surface area contributed by atoms with Crippen LogP contribution >= 0.6 is 0 Å². The average molecular weight is 289 g/mol. The minimum absolute atomic E-state index is 0.133. The van der Waals surface area contributed by atoms with Gasteiger partial charge >= 0.3 is 0 Å². The zero-order chi connectivity index (χ0) is 13.7. The Kier molecular flexibility index (Phi) is 5.62. The monoisotopic (exact) mass is 289 g/mol. The first-order valence-electron chi connectivity index (χ1n) is 7.63. The van der Waals surface area contributed by atoms with Crippen molar-refractivity contribution in [1.29, 1.82) is 0 Å². The number of nitrogens with one attached hydrogen (secondary N) is 2. The Labute approximate surface area is 117 Å². The molecule has 19 heavy (non-hydrogen) atoms. The highest BCUT2D eigenvalue weighted by Crippen LogP contribution is 2.22. The molecule has 1 heterocycles. The van der Waals surface area contributed by atoms with E-state index >= 15 is 0 Å². The molecule has 2 N–H and O–H groups in total. The zero-order valence-corrected chi connectivity index (χ0v) is 12.7. The van der Waals surface area contributed by atoms with E-state index in [1.807, 2.05) is 0 Å². The standard InChI is InChI=1S/C13H27N3O2S/c1-2-3-9-15-19(17,18)16-10-5-4-6-13(16)11-14-12-7-8-12/h12-15H,2-11H2,1H3. The van der Waals surface area contributed by atoms with Crippen LogP contribution in [0.1, 0.15) is 51.9 Å². The maximum Gasteiger partial charge on any atom is 0.279 e. The smallest absolute Gasteiger partial charge is 0.279 e. The fraction of sp³-hybridized carbons (Fsp3) is 1.00. The summed E-state index contributed by atoms with van der Waals surface area (Å²) >= 11 is 0. The van der Waals surface area contributed by atoms with Gasteiger partial charge in [-0.15, -0.1) is 0 Å². The molecule has 2 rings (SSSR count). The van der Waals surface area contributed by atoms with Gasteiger partial charge in [-0.2, -0.15) is 12.7 Å². The van der Waals surface area contributed by atoms with Crippen LogP contribution < -0.4 is 10.0 Å². The van der Waals surface area contributed by atoms with Crippen molar-refractivity contribution in [3.05, 3.63) is 0 Å². The first-order chi connectivity index (χ1) is 9.13. The molecule has 0 radical (unpaired) electrons. The molecule has 1 atom stereocenters.